The molecular formula is C17H15N3O2. The number of alkyl carbamates (subject to hydrolysis) is 1. The molecule has 5 heteroatoms. The van der Waals surface area contributed by atoms with Crippen molar-refractivity contribution in [3.05, 3.63) is 71.8 Å². The van der Waals surface area contributed by atoms with E-state index in [0.29, 0.717) is 0 Å². The van der Waals surface area contributed by atoms with Gasteiger partial charge >= 0.3 is 6.09 Å². The van der Waals surface area contributed by atoms with E-state index in [1.165, 1.54) is 0 Å². The molecule has 2 aromatic carbocycles. The Labute approximate surface area is 128 Å². The van der Waals surface area contributed by atoms with E-state index in [0.717, 1.165) is 16.8 Å². The molecule has 1 heterocycles. The molecule has 1 aliphatic rings. The molecule has 2 aromatic rings. The van der Waals surface area contributed by atoms with Crippen molar-refractivity contribution >= 4 is 17.9 Å². The summed E-state index contributed by atoms with van der Waals surface area (Å²) in [6.45, 7) is 0.223. The number of nitrogens with one attached hydrogen (secondary N) is 1. The van der Waals surface area contributed by atoms with Crippen LogP contribution in [-0.4, -0.2) is 12.3 Å². The number of rotatable bonds is 3. The molecule has 0 radical (unpaired) electrons. The molecule has 0 spiro atoms. The fourth-order valence-corrected chi connectivity index (χ4v) is 2.04. The molecule has 1 unspecified atom stereocenters. The van der Waals surface area contributed by atoms with E-state index in [-0.39, 0.29) is 6.61 Å². The van der Waals surface area contributed by atoms with E-state index < -0.39 is 12.3 Å². The summed E-state index contributed by atoms with van der Waals surface area (Å²) in [5, 5.41) is 10.9. The van der Waals surface area contributed by atoms with Crippen molar-refractivity contribution in [3.8, 4) is 0 Å². The van der Waals surface area contributed by atoms with Crippen molar-refractivity contribution in [1.82, 2.24) is 5.32 Å². The van der Waals surface area contributed by atoms with Gasteiger partial charge in [0.15, 0.2) is 6.17 Å². The molecule has 0 bridgehead atoms. The molecule has 0 saturated heterocycles. The highest BCUT2D eigenvalue weighted by Gasteiger charge is 2.12. The SMILES string of the molecule is O=C(NC1C=Cc2ccccc2N=N1)OCc1ccccc1. The third kappa shape index (κ3) is 3.58. The Kier molecular flexibility index (Phi) is 4.25. The summed E-state index contributed by atoms with van der Waals surface area (Å²) in [6.07, 6.45) is 2.61. The monoisotopic (exact) mass is 293 g/mol. The summed E-state index contributed by atoms with van der Waals surface area (Å²) in [6, 6.07) is 17.2. The number of carbonyl (C=O) groups is 1. The number of hydrogen-bond acceptors (Lipinski definition) is 4. The van der Waals surface area contributed by atoms with Gasteiger partial charge in [-0.15, -0.1) is 0 Å². The predicted molar refractivity (Wildman–Crippen MR) is 83.5 cm³/mol. The molecule has 1 atom stereocenters. The Bertz CT molecular complexity index is 678. The number of azo groups is 1. The van der Waals surface area contributed by atoms with Crippen molar-refractivity contribution in [2.45, 2.75) is 12.8 Å². The van der Waals surface area contributed by atoms with Crippen LogP contribution in [0.2, 0.25) is 0 Å². The van der Waals surface area contributed by atoms with Crippen LogP contribution in [0.25, 0.3) is 6.08 Å². The fraction of sp³-hybridized carbons (Fsp3) is 0.118. The van der Waals surface area contributed by atoms with Gasteiger partial charge in [0.05, 0.1) is 5.69 Å². The first-order valence-electron chi connectivity index (χ1n) is 6.96. The van der Waals surface area contributed by atoms with Gasteiger partial charge in [-0.05, 0) is 17.7 Å². The second kappa shape index (κ2) is 6.67. The Morgan fingerprint density at radius 3 is 2.73 bits per heavy atom. The zero-order chi connectivity index (χ0) is 15.2. The average Bonchev–Trinajstić information content (AvgIpc) is 2.77. The van der Waals surface area contributed by atoms with Crippen LogP contribution in [0.4, 0.5) is 10.5 Å². The highest BCUT2D eigenvalue weighted by molar-refractivity contribution is 5.69. The number of ether oxygens (including phenoxy) is 1. The molecule has 0 saturated carbocycles. The molecule has 1 aliphatic heterocycles. The summed E-state index contributed by atoms with van der Waals surface area (Å²) >= 11 is 0. The minimum atomic E-state index is -0.532. The molecule has 1 N–H and O–H groups in total. The predicted octanol–water partition coefficient (Wildman–Crippen LogP) is 4.05. The molecule has 0 aliphatic carbocycles. The lowest BCUT2D eigenvalue weighted by Gasteiger charge is -2.09. The first kappa shape index (κ1) is 14.0. The standard InChI is InChI=1S/C17H15N3O2/c21-17(22-12-13-6-2-1-3-7-13)18-16-11-10-14-8-4-5-9-15(14)19-20-16/h1-11,16H,12H2,(H,18,21). The Hall–Kier alpha value is -2.95. The van der Waals surface area contributed by atoms with E-state index in [1.54, 1.807) is 6.08 Å². The molecule has 5 nitrogen and oxygen atoms in total. The van der Waals surface area contributed by atoms with Gasteiger partial charge in [0.2, 0.25) is 0 Å². The van der Waals surface area contributed by atoms with Crippen molar-refractivity contribution in [3.63, 3.8) is 0 Å². The van der Waals surface area contributed by atoms with Gasteiger partial charge in [-0.1, -0.05) is 54.6 Å². The van der Waals surface area contributed by atoms with Gasteiger partial charge < -0.3 is 4.74 Å². The molecule has 1 amide bonds. The summed E-state index contributed by atoms with van der Waals surface area (Å²) in [4.78, 5) is 11.8. The number of fused-ring (bicyclic) bond motifs is 1. The van der Waals surface area contributed by atoms with Crippen molar-refractivity contribution in [1.29, 1.82) is 0 Å². The quantitative estimate of drug-likeness (QED) is 0.927. The zero-order valence-corrected chi connectivity index (χ0v) is 11.8. The zero-order valence-electron chi connectivity index (χ0n) is 11.8. The highest BCUT2D eigenvalue weighted by atomic mass is 16.5. The minimum Gasteiger partial charge on any atom is -0.445 e. The topological polar surface area (TPSA) is 63.0 Å². The van der Waals surface area contributed by atoms with Crippen LogP contribution < -0.4 is 5.32 Å². The maximum absolute atomic E-state index is 11.8. The molecule has 0 aromatic heterocycles. The lowest BCUT2D eigenvalue weighted by Crippen LogP contribution is -2.32. The van der Waals surface area contributed by atoms with Gasteiger partial charge in [0, 0.05) is 5.56 Å². The molecule has 110 valence electrons. The fourth-order valence-electron chi connectivity index (χ4n) is 2.04. The van der Waals surface area contributed by atoms with Crippen LogP contribution >= 0.6 is 0 Å². The number of nitrogens with zero attached hydrogens (tertiary/aromatic N) is 2. The maximum Gasteiger partial charge on any atom is 0.409 e. The van der Waals surface area contributed by atoms with Crippen LogP contribution in [0.1, 0.15) is 11.1 Å². The number of benzene rings is 2. The summed E-state index contributed by atoms with van der Waals surface area (Å²) in [5.41, 5.74) is 2.68. The number of amides is 1. The Morgan fingerprint density at radius 2 is 1.86 bits per heavy atom. The third-order valence-corrected chi connectivity index (χ3v) is 3.16. The van der Waals surface area contributed by atoms with E-state index in [1.807, 2.05) is 60.7 Å². The number of hydrogen-bond donors (Lipinski definition) is 1. The van der Waals surface area contributed by atoms with Gasteiger partial charge in [0.25, 0.3) is 0 Å². The molecule has 3 rings (SSSR count). The van der Waals surface area contributed by atoms with E-state index >= 15 is 0 Å². The molecular weight excluding hydrogens is 278 g/mol. The van der Waals surface area contributed by atoms with Crippen molar-refractivity contribution in [2.24, 2.45) is 10.2 Å². The largest absolute Gasteiger partial charge is 0.445 e. The van der Waals surface area contributed by atoms with Gasteiger partial charge in [-0.2, -0.15) is 10.2 Å². The van der Waals surface area contributed by atoms with Gasteiger partial charge in [0.1, 0.15) is 6.61 Å². The van der Waals surface area contributed by atoms with Gasteiger partial charge in [-0.3, -0.25) is 5.32 Å². The average molecular weight is 293 g/mol. The lowest BCUT2D eigenvalue weighted by atomic mass is 10.1. The van der Waals surface area contributed by atoms with Crippen LogP contribution in [0, 0.1) is 0 Å². The number of carbonyl (C=O) groups excluding carboxylic acids is 1. The second-order valence-electron chi connectivity index (χ2n) is 4.78. The smallest absolute Gasteiger partial charge is 0.409 e. The third-order valence-electron chi connectivity index (χ3n) is 3.16. The van der Waals surface area contributed by atoms with Crippen molar-refractivity contribution < 1.29 is 9.53 Å². The Balaban J connectivity index is 1.57. The summed E-state index contributed by atoms with van der Waals surface area (Å²) in [5.74, 6) is 0. The van der Waals surface area contributed by atoms with Gasteiger partial charge in [-0.25, -0.2) is 4.79 Å². The summed E-state index contributed by atoms with van der Waals surface area (Å²) in [7, 11) is 0. The maximum atomic E-state index is 11.8. The van der Waals surface area contributed by atoms with E-state index in [9.17, 15) is 4.79 Å². The first-order valence-corrected chi connectivity index (χ1v) is 6.96. The van der Waals surface area contributed by atoms with Crippen LogP contribution in [0.3, 0.4) is 0 Å². The minimum absolute atomic E-state index is 0.223. The summed E-state index contributed by atoms with van der Waals surface area (Å²) < 4.78 is 5.16. The first-order chi connectivity index (χ1) is 10.8. The van der Waals surface area contributed by atoms with E-state index in [4.69, 9.17) is 4.74 Å². The van der Waals surface area contributed by atoms with Crippen LogP contribution in [0.5, 0.6) is 0 Å². The lowest BCUT2D eigenvalue weighted by molar-refractivity contribution is 0.137. The Morgan fingerprint density at radius 1 is 1.09 bits per heavy atom. The normalized spacial score (nSPS) is 15.7. The molecule has 22 heavy (non-hydrogen) atoms. The van der Waals surface area contributed by atoms with Crippen LogP contribution in [-0.2, 0) is 11.3 Å². The molecule has 0 fully saturated rings. The second-order valence-corrected chi connectivity index (χ2v) is 4.78. The van der Waals surface area contributed by atoms with Crippen LogP contribution in [0.15, 0.2) is 70.9 Å². The van der Waals surface area contributed by atoms with Crippen molar-refractivity contribution in [2.75, 3.05) is 0 Å². The highest BCUT2D eigenvalue weighted by Crippen LogP contribution is 2.23. The van der Waals surface area contributed by atoms with E-state index in [2.05, 4.69) is 15.5 Å².